The Balaban J connectivity index is 1.93. The molecule has 0 bridgehead atoms. The van der Waals surface area contributed by atoms with Gasteiger partial charge in [-0.05, 0) is 30.5 Å². The molecule has 114 valence electrons. The summed E-state index contributed by atoms with van der Waals surface area (Å²) in [5.74, 6) is 0.112. The maximum absolute atomic E-state index is 12.4. The number of halogens is 1. The van der Waals surface area contributed by atoms with Gasteiger partial charge in [0.05, 0.1) is 0 Å². The standard InChI is InChI=1S/C14H17BrN2O3S/c1-2-21(19,20)16-9-11-6-7-17(10-11)14(18)12-4-3-5-13(15)8-12/h2-5,8,11,16H,1,6-7,9-10H2/t11-/m1/s1. The van der Waals surface area contributed by atoms with Gasteiger partial charge in [-0.25, -0.2) is 13.1 Å². The third-order valence-corrected chi connectivity index (χ3v) is 4.94. The van der Waals surface area contributed by atoms with E-state index in [2.05, 4.69) is 27.2 Å². The second kappa shape index (κ2) is 6.72. The lowest BCUT2D eigenvalue weighted by Gasteiger charge is -2.17. The summed E-state index contributed by atoms with van der Waals surface area (Å²) in [5.41, 5.74) is 0.636. The van der Waals surface area contributed by atoms with E-state index in [-0.39, 0.29) is 11.8 Å². The highest BCUT2D eigenvalue weighted by molar-refractivity contribution is 9.10. The number of likely N-dealkylation sites (tertiary alicyclic amines) is 1. The van der Waals surface area contributed by atoms with Crippen LogP contribution in [0.1, 0.15) is 16.8 Å². The summed E-state index contributed by atoms with van der Waals surface area (Å²) in [5, 5.41) is 0.895. The molecule has 1 aromatic carbocycles. The molecule has 0 aromatic heterocycles. The van der Waals surface area contributed by atoms with Crippen molar-refractivity contribution >= 4 is 31.9 Å². The molecule has 1 saturated heterocycles. The van der Waals surface area contributed by atoms with Crippen molar-refractivity contribution in [3.63, 3.8) is 0 Å². The van der Waals surface area contributed by atoms with Gasteiger partial charge in [-0.1, -0.05) is 28.6 Å². The summed E-state index contributed by atoms with van der Waals surface area (Å²) in [6, 6.07) is 7.26. The molecule has 1 aliphatic heterocycles. The molecular weight excluding hydrogens is 356 g/mol. The van der Waals surface area contributed by atoms with E-state index in [0.717, 1.165) is 16.3 Å². The third kappa shape index (κ3) is 4.39. The Morgan fingerprint density at radius 1 is 1.52 bits per heavy atom. The van der Waals surface area contributed by atoms with Gasteiger partial charge >= 0.3 is 0 Å². The Bertz CT molecular complexity index is 645. The number of sulfonamides is 1. The second-order valence-corrected chi connectivity index (χ2v) is 7.60. The fourth-order valence-corrected chi connectivity index (χ4v) is 3.27. The number of nitrogens with zero attached hydrogens (tertiary/aromatic N) is 1. The maximum Gasteiger partial charge on any atom is 0.253 e. The number of amides is 1. The Morgan fingerprint density at radius 3 is 2.95 bits per heavy atom. The van der Waals surface area contributed by atoms with Crippen molar-refractivity contribution in [1.29, 1.82) is 0 Å². The SMILES string of the molecule is C=CS(=O)(=O)NC[C@H]1CCN(C(=O)c2cccc(Br)c2)C1. The van der Waals surface area contributed by atoms with Crippen LogP contribution in [0.15, 0.2) is 40.7 Å². The highest BCUT2D eigenvalue weighted by Gasteiger charge is 2.27. The Labute approximate surface area is 133 Å². The fraction of sp³-hybridized carbons (Fsp3) is 0.357. The number of benzene rings is 1. The van der Waals surface area contributed by atoms with Crippen LogP contribution in [-0.2, 0) is 10.0 Å². The van der Waals surface area contributed by atoms with Gasteiger partial charge in [0, 0.05) is 35.1 Å². The molecule has 0 spiro atoms. The van der Waals surface area contributed by atoms with Crippen LogP contribution in [0.3, 0.4) is 0 Å². The highest BCUT2D eigenvalue weighted by Crippen LogP contribution is 2.20. The lowest BCUT2D eigenvalue weighted by molar-refractivity contribution is 0.0787. The lowest BCUT2D eigenvalue weighted by Crippen LogP contribution is -2.32. The van der Waals surface area contributed by atoms with E-state index < -0.39 is 10.0 Å². The zero-order valence-electron chi connectivity index (χ0n) is 11.5. The van der Waals surface area contributed by atoms with E-state index in [1.165, 1.54) is 0 Å². The smallest absolute Gasteiger partial charge is 0.253 e. The molecule has 1 N–H and O–H groups in total. The number of hydrogen-bond donors (Lipinski definition) is 1. The van der Waals surface area contributed by atoms with E-state index in [4.69, 9.17) is 0 Å². The minimum atomic E-state index is -3.40. The highest BCUT2D eigenvalue weighted by atomic mass is 79.9. The number of rotatable bonds is 5. The van der Waals surface area contributed by atoms with Crippen LogP contribution in [0.4, 0.5) is 0 Å². The normalized spacial score (nSPS) is 18.7. The van der Waals surface area contributed by atoms with E-state index in [1.54, 1.807) is 17.0 Å². The quantitative estimate of drug-likeness (QED) is 0.858. The van der Waals surface area contributed by atoms with Crippen LogP contribution in [0.2, 0.25) is 0 Å². The molecular formula is C14H17BrN2O3S. The summed E-state index contributed by atoms with van der Waals surface area (Å²) in [6.45, 7) is 4.78. The van der Waals surface area contributed by atoms with Crippen molar-refractivity contribution in [3.8, 4) is 0 Å². The summed E-state index contributed by atoms with van der Waals surface area (Å²) < 4.78 is 26.0. The largest absolute Gasteiger partial charge is 0.338 e. The first-order chi connectivity index (χ1) is 9.91. The van der Waals surface area contributed by atoms with E-state index in [0.29, 0.717) is 25.2 Å². The summed E-state index contributed by atoms with van der Waals surface area (Å²) in [7, 11) is -3.40. The molecule has 0 aliphatic carbocycles. The van der Waals surface area contributed by atoms with Crippen molar-refractivity contribution < 1.29 is 13.2 Å². The first-order valence-electron chi connectivity index (χ1n) is 6.58. The van der Waals surface area contributed by atoms with Gasteiger partial charge in [0.25, 0.3) is 5.91 Å². The first-order valence-corrected chi connectivity index (χ1v) is 8.92. The lowest BCUT2D eigenvalue weighted by atomic mass is 10.1. The summed E-state index contributed by atoms with van der Waals surface area (Å²) in [6.07, 6.45) is 0.791. The van der Waals surface area contributed by atoms with Gasteiger partial charge in [0.1, 0.15) is 0 Å². The van der Waals surface area contributed by atoms with Crippen molar-refractivity contribution in [2.24, 2.45) is 5.92 Å². The summed E-state index contributed by atoms with van der Waals surface area (Å²) >= 11 is 3.35. The monoisotopic (exact) mass is 372 g/mol. The van der Waals surface area contributed by atoms with Gasteiger partial charge in [-0.15, -0.1) is 0 Å². The van der Waals surface area contributed by atoms with Crippen LogP contribution in [0.5, 0.6) is 0 Å². The molecule has 1 aliphatic rings. The zero-order chi connectivity index (χ0) is 15.5. The van der Waals surface area contributed by atoms with Crippen LogP contribution in [0.25, 0.3) is 0 Å². The Hall–Kier alpha value is -1.18. The van der Waals surface area contributed by atoms with Crippen LogP contribution in [-0.4, -0.2) is 38.9 Å². The fourth-order valence-electron chi connectivity index (χ4n) is 2.28. The molecule has 2 rings (SSSR count). The van der Waals surface area contributed by atoms with Gasteiger partial charge in [0.2, 0.25) is 10.0 Å². The van der Waals surface area contributed by atoms with E-state index in [9.17, 15) is 13.2 Å². The number of carbonyl (C=O) groups is 1. The molecule has 1 atom stereocenters. The van der Waals surface area contributed by atoms with Gasteiger partial charge in [-0.3, -0.25) is 4.79 Å². The Kier molecular flexibility index (Phi) is 5.18. The molecule has 1 heterocycles. The average molecular weight is 373 g/mol. The van der Waals surface area contributed by atoms with E-state index in [1.807, 2.05) is 12.1 Å². The molecule has 21 heavy (non-hydrogen) atoms. The molecule has 1 aromatic rings. The predicted molar refractivity (Wildman–Crippen MR) is 85.3 cm³/mol. The molecule has 5 nitrogen and oxygen atoms in total. The minimum absolute atomic E-state index is 0.0228. The molecule has 0 saturated carbocycles. The Morgan fingerprint density at radius 2 is 2.29 bits per heavy atom. The van der Waals surface area contributed by atoms with Crippen molar-refractivity contribution in [2.45, 2.75) is 6.42 Å². The van der Waals surface area contributed by atoms with Crippen molar-refractivity contribution in [3.05, 3.63) is 46.3 Å². The third-order valence-electron chi connectivity index (χ3n) is 3.44. The summed E-state index contributed by atoms with van der Waals surface area (Å²) in [4.78, 5) is 14.1. The molecule has 1 fully saturated rings. The number of carbonyl (C=O) groups excluding carboxylic acids is 1. The van der Waals surface area contributed by atoms with Crippen LogP contribution >= 0.6 is 15.9 Å². The van der Waals surface area contributed by atoms with Crippen LogP contribution in [0, 0.1) is 5.92 Å². The van der Waals surface area contributed by atoms with Gasteiger partial charge in [-0.2, -0.15) is 0 Å². The first kappa shape index (κ1) is 16.2. The zero-order valence-corrected chi connectivity index (χ0v) is 13.9. The molecule has 0 radical (unpaired) electrons. The minimum Gasteiger partial charge on any atom is -0.338 e. The average Bonchev–Trinajstić information content (AvgIpc) is 2.93. The topological polar surface area (TPSA) is 66.5 Å². The van der Waals surface area contributed by atoms with Gasteiger partial charge < -0.3 is 4.90 Å². The predicted octanol–water partition coefficient (Wildman–Crippen LogP) is 1.97. The van der Waals surface area contributed by atoms with Gasteiger partial charge in [0.15, 0.2) is 0 Å². The maximum atomic E-state index is 12.4. The molecule has 0 unspecified atom stereocenters. The number of nitrogens with one attached hydrogen (secondary N) is 1. The second-order valence-electron chi connectivity index (χ2n) is 4.98. The van der Waals surface area contributed by atoms with E-state index >= 15 is 0 Å². The molecule has 7 heteroatoms. The van der Waals surface area contributed by atoms with Crippen molar-refractivity contribution in [1.82, 2.24) is 9.62 Å². The number of hydrogen-bond acceptors (Lipinski definition) is 3. The van der Waals surface area contributed by atoms with Crippen LogP contribution < -0.4 is 4.72 Å². The molecule has 1 amide bonds. The van der Waals surface area contributed by atoms with Crippen molar-refractivity contribution in [2.75, 3.05) is 19.6 Å².